The minimum absolute atomic E-state index is 0. The van der Waals surface area contributed by atoms with E-state index in [9.17, 15) is 0 Å². The molecule has 0 aromatic carbocycles. The zero-order valence-electron chi connectivity index (χ0n) is 18.6. The van der Waals surface area contributed by atoms with E-state index < -0.39 is 0 Å². The number of rotatable bonds is 6. The molecule has 0 bridgehead atoms. The molecule has 29 heavy (non-hydrogen) atoms. The Morgan fingerprint density at radius 3 is 2.59 bits per heavy atom. The lowest BCUT2D eigenvalue weighted by Crippen LogP contribution is -2.51. The van der Waals surface area contributed by atoms with E-state index in [4.69, 9.17) is 4.99 Å². The number of nitrogens with one attached hydrogen (secondary N) is 1. The number of halogens is 1. The van der Waals surface area contributed by atoms with E-state index >= 15 is 0 Å². The first kappa shape index (κ1) is 24.4. The fourth-order valence-corrected chi connectivity index (χ4v) is 4.38. The molecule has 8 heteroatoms. The zero-order chi connectivity index (χ0) is 19.9. The van der Waals surface area contributed by atoms with Gasteiger partial charge in [-0.25, -0.2) is 4.98 Å². The third kappa shape index (κ3) is 6.55. The maximum absolute atomic E-state index is 5.04. The highest BCUT2D eigenvalue weighted by atomic mass is 127. The third-order valence-electron chi connectivity index (χ3n) is 6.44. The van der Waals surface area contributed by atoms with Crippen LogP contribution >= 0.6 is 24.0 Å². The number of hydrogen-bond acceptors (Lipinski definition) is 4. The molecule has 3 atom stereocenters. The Morgan fingerprint density at radius 1 is 1.21 bits per heavy atom. The van der Waals surface area contributed by atoms with E-state index in [1.54, 1.807) is 0 Å². The number of likely N-dealkylation sites (tertiary alicyclic amines) is 1. The molecule has 0 radical (unpaired) electrons. The van der Waals surface area contributed by atoms with Gasteiger partial charge < -0.3 is 19.7 Å². The molecule has 2 saturated heterocycles. The molecule has 0 spiro atoms. The quantitative estimate of drug-likeness (QED) is 0.357. The molecule has 1 aromatic rings. The Labute approximate surface area is 193 Å². The molecule has 3 rings (SSSR count). The second kappa shape index (κ2) is 12.1. The second-order valence-electron chi connectivity index (χ2n) is 8.30. The molecule has 3 heterocycles. The number of hydrogen-bond donors (Lipinski definition) is 1. The van der Waals surface area contributed by atoms with Crippen LogP contribution < -0.4 is 5.32 Å². The van der Waals surface area contributed by atoms with Gasteiger partial charge in [-0.15, -0.1) is 24.0 Å². The monoisotopic (exact) mass is 517 g/mol. The minimum Gasteiger partial charge on any atom is -0.357 e. The predicted molar refractivity (Wildman–Crippen MR) is 131 cm³/mol. The Morgan fingerprint density at radius 2 is 1.97 bits per heavy atom. The standard InChI is InChI=1S/C21H39N7.HI/c1-5-23-21(24-15-19(4)26-13-11-25(6-2)12-14-26)27-9-7-18(3)20(16-27)28-10-8-22-17-28;/h8,10,17-20H,5-7,9,11-16H2,1-4H3,(H,23,24);1H. The van der Waals surface area contributed by atoms with Gasteiger partial charge in [-0.3, -0.25) is 9.89 Å². The number of likely N-dealkylation sites (N-methyl/N-ethyl adjacent to an activating group) is 1. The van der Waals surface area contributed by atoms with Gasteiger partial charge in [0.1, 0.15) is 0 Å². The van der Waals surface area contributed by atoms with Crippen LogP contribution in [0.15, 0.2) is 23.7 Å². The van der Waals surface area contributed by atoms with Gasteiger partial charge in [-0.1, -0.05) is 13.8 Å². The summed E-state index contributed by atoms with van der Waals surface area (Å²) in [4.78, 5) is 16.9. The summed E-state index contributed by atoms with van der Waals surface area (Å²) in [6.07, 6.45) is 7.10. The van der Waals surface area contributed by atoms with Gasteiger partial charge >= 0.3 is 0 Å². The summed E-state index contributed by atoms with van der Waals surface area (Å²) in [6, 6.07) is 0.945. The Kier molecular flexibility index (Phi) is 10.2. The third-order valence-corrected chi connectivity index (χ3v) is 6.44. The van der Waals surface area contributed by atoms with E-state index in [0.29, 0.717) is 18.0 Å². The Balaban J connectivity index is 0.00000300. The summed E-state index contributed by atoms with van der Waals surface area (Å²) in [6.45, 7) is 18.8. The molecule has 2 aliphatic rings. The summed E-state index contributed by atoms with van der Waals surface area (Å²) in [5.74, 6) is 1.72. The average molecular weight is 518 g/mol. The van der Waals surface area contributed by atoms with Crippen molar-refractivity contribution in [3.05, 3.63) is 18.7 Å². The number of aliphatic imine (C=N–C) groups is 1. The van der Waals surface area contributed by atoms with Crippen molar-refractivity contribution in [2.24, 2.45) is 10.9 Å². The Bertz CT molecular complexity index is 598. The number of guanidine groups is 1. The van der Waals surface area contributed by atoms with Crippen LogP contribution in [-0.2, 0) is 0 Å². The molecule has 0 saturated carbocycles. The molecule has 0 aliphatic carbocycles. The van der Waals surface area contributed by atoms with E-state index in [1.165, 1.54) is 19.5 Å². The topological polar surface area (TPSA) is 51.9 Å². The fraction of sp³-hybridized carbons (Fsp3) is 0.810. The molecule has 3 unspecified atom stereocenters. The molecular weight excluding hydrogens is 477 g/mol. The van der Waals surface area contributed by atoms with Crippen molar-refractivity contribution in [1.82, 2.24) is 29.6 Å². The maximum atomic E-state index is 5.04. The van der Waals surface area contributed by atoms with E-state index in [-0.39, 0.29) is 24.0 Å². The van der Waals surface area contributed by atoms with Crippen LogP contribution in [0.3, 0.4) is 0 Å². The fourth-order valence-electron chi connectivity index (χ4n) is 4.38. The number of imidazole rings is 1. The second-order valence-corrected chi connectivity index (χ2v) is 8.30. The molecule has 0 amide bonds. The summed E-state index contributed by atoms with van der Waals surface area (Å²) >= 11 is 0. The lowest BCUT2D eigenvalue weighted by Gasteiger charge is -2.40. The van der Waals surface area contributed by atoms with Gasteiger partial charge in [0.25, 0.3) is 0 Å². The van der Waals surface area contributed by atoms with Crippen LogP contribution in [-0.4, -0.2) is 95.2 Å². The van der Waals surface area contributed by atoms with Crippen molar-refractivity contribution in [2.45, 2.75) is 46.2 Å². The van der Waals surface area contributed by atoms with Gasteiger partial charge in [-0.2, -0.15) is 0 Å². The van der Waals surface area contributed by atoms with Crippen molar-refractivity contribution in [1.29, 1.82) is 0 Å². The minimum atomic E-state index is 0. The van der Waals surface area contributed by atoms with Crippen molar-refractivity contribution in [3.8, 4) is 0 Å². The predicted octanol–water partition coefficient (Wildman–Crippen LogP) is 2.38. The smallest absolute Gasteiger partial charge is 0.194 e. The van der Waals surface area contributed by atoms with E-state index in [1.807, 2.05) is 12.5 Å². The van der Waals surface area contributed by atoms with Crippen LogP contribution in [0.4, 0.5) is 0 Å². The zero-order valence-corrected chi connectivity index (χ0v) is 21.0. The highest BCUT2D eigenvalue weighted by Gasteiger charge is 2.29. The first-order valence-corrected chi connectivity index (χ1v) is 11.1. The van der Waals surface area contributed by atoms with Crippen molar-refractivity contribution < 1.29 is 0 Å². The van der Waals surface area contributed by atoms with Gasteiger partial charge in [0, 0.05) is 64.2 Å². The summed E-state index contributed by atoms with van der Waals surface area (Å²) in [5, 5.41) is 3.53. The average Bonchev–Trinajstić information content (AvgIpc) is 3.26. The molecule has 1 N–H and O–H groups in total. The van der Waals surface area contributed by atoms with Gasteiger partial charge in [0.2, 0.25) is 0 Å². The molecular formula is C21H40IN7. The summed E-state index contributed by atoms with van der Waals surface area (Å²) < 4.78 is 2.26. The first-order chi connectivity index (χ1) is 13.6. The molecule has 1 aromatic heterocycles. The largest absolute Gasteiger partial charge is 0.357 e. The maximum Gasteiger partial charge on any atom is 0.194 e. The van der Waals surface area contributed by atoms with Crippen molar-refractivity contribution in [2.75, 3.05) is 58.9 Å². The van der Waals surface area contributed by atoms with Crippen LogP contribution in [0.25, 0.3) is 0 Å². The highest BCUT2D eigenvalue weighted by Crippen LogP contribution is 2.27. The van der Waals surface area contributed by atoms with Crippen molar-refractivity contribution in [3.63, 3.8) is 0 Å². The van der Waals surface area contributed by atoms with E-state index in [2.05, 4.69) is 63.5 Å². The number of piperidine rings is 1. The molecule has 2 fully saturated rings. The summed E-state index contributed by atoms with van der Waals surface area (Å²) in [7, 11) is 0. The SMILES string of the molecule is CCNC(=NCC(C)N1CCN(CC)CC1)N1CCC(C)C(n2ccnc2)C1.I. The van der Waals surface area contributed by atoms with Crippen molar-refractivity contribution >= 4 is 29.9 Å². The van der Waals surface area contributed by atoms with Gasteiger partial charge in [0.15, 0.2) is 5.96 Å². The van der Waals surface area contributed by atoms with Crippen LogP contribution in [0.2, 0.25) is 0 Å². The van der Waals surface area contributed by atoms with Crippen LogP contribution in [0, 0.1) is 5.92 Å². The normalized spacial score (nSPS) is 25.5. The lowest BCUT2D eigenvalue weighted by atomic mass is 9.93. The number of piperazine rings is 1. The van der Waals surface area contributed by atoms with Crippen LogP contribution in [0.1, 0.15) is 40.2 Å². The number of aromatic nitrogens is 2. The van der Waals surface area contributed by atoms with Crippen LogP contribution in [0.5, 0.6) is 0 Å². The van der Waals surface area contributed by atoms with E-state index in [0.717, 1.165) is 51.8 Å². The molecule has 7 nitrogen and oxygen atoms in total. The Hall–Kier alpha value is -0.870. The van der Waals surface area contributed by atoms with Gasteiger partial charge in [-0.05, 0) is 32.7 Å². The molecule has 166 valence electrons. The molecule has 2 aliphatic heterocycles. The number of nitrogens with zero attached hydrogens (tertiary/aromatic N) is 6. The first-order valence-electron chi connectivity index (χ1n) is 11.1. The van der Waals surface area contributed by atoms with Gasteiger partial charge in [0.05, 0.1) is 18.9 Å². The lowest BCUT2D eigenvalue weighted by molar-refractivity contribution is 0.108. The highest BCUT2D eigenvalue weighted by molar-refractivity contribution is 14.0. The summed E-state index contributed by atoms with van der Waals surface area (Å²) in [5.41, 5.74) is 0.